The molecule has 112 valence electrons. The van der Waals surface area contributed by atoms with E-state index >= 15 is 0 Å². The number of hydrogen-bond acceptors (Lipinski definition) is 2. The van der Waals surface area contributed by atoms with Crippen molar-refractivity contribution < 1.29 is 0 Å². The predicted octanol–water partition coefficient (Wildman–Crippen LogP) is 5.24. The fourth-order valence-corrected chi connectivity index (χ4v) is 2.92. The highest BCUT2D eigenvalue weighted by molar-refractivity contribution is 7.99. The maximum Gasteiger partial charge on any atom is 0.0205 e. The third kappa shape index (κ3) is 4.90. The first-order valence-corrected chi connectivity index (χ1v) is 8.39. The maximum absolute atomic E-state index is 3.35. The summed E-state index contributed by atoms with van der Waals surface area (Å²) in [5, 5.41) is 3.35. The summed E-state index contributed by atoms with van der Waals surface area (Å²) < 4.78 is 0. The molecule has 0 saturated carbocycles. The Kier molecular flexibility index (Phi) is 5.49. The van der Waals surface area contributed by atoms with Crippen LogP contribution in [0.4, 0.5) is 0 Å². The molecule has 0 fully saturated rings. The van der Waals surface area contributed by atoms with Crippen LogP contribution in [0, 0.1) is 0 Å². The van der Waals surface area contributed by atoms with E-state index < -0.39 is 0 Å². The minimum absolute atomic E-state index is 0.219. The van der Waals surface area contributed by atoms with Crippen molar-refractivity contribution >= 4 is 11.8 Å². The van der Waals surface area contributed by atoms with Gasteiger partial charge in [0.2, 0.25) is 0 Å². The van der Waals surface area contributed by atoms with Crippen LogP contribution in [0.2, 0.25) is 0 Å². The quantitative estimate of drug-likeness (QED) is 0.809. The van der Waals surface area contributed by atoms with Gasteiger partial charge in [-0.1, -0.05) is 63.7 Å². The van der Waals surface area contributed by atoms with Crippen LogP contribution in [0.25, 0.3) is 0 Å². The second-order valence-corrected chi connectivity index (χ2v) is 7.45. The fraction of sp³-hybridized carbons (Fsp3) is 0.368. The van der Waals surface area contributed by atoms with Crippen LogP contribution in [0.5, 0.6) is 0 Å². The first-order valence-electron chi connectivity index (χ1n) is 7.57. The lowest BCUT2D eigenvalue weighted by Gasteiger charge is -2.19. The molecule has 21 heavy (non-hydrogen) atoms. The van der Waals surface area contributed by atoms with Gasteiger partial charge in [0.25, 0.3) is 0 Å². The standard InChI is InChI=1S/C19H25NS/c1-5-20-14-15-6-10-17(11-7-15)21-18-12-8-16(9-13-18)19(2,3)4/h6-13,20H,5,14H2,1-4H3. The number of rotatable bonds is 5. The SMILES string of the molecule is CCNCc1ccc(Sc2ccc(C(C)(C)C)cc2)cc1. The lowest BCUT2D eigenvalue weighted by molar-refractivity contribution is 0.590. The van der Waals surface area contributed by atoms with Gasteiger partial charge in [-0.2, -0.15) is 0 Å². The molecule has 0 aliphatic carbocycles. The van der Waals surface area contributed by atoms with Gasteiger partial charge in [0.15, 0.2) is 0 Å². The fourth-order valence-electron chi connectivity index (χ4n) is 2.10. The molecule has 0 aromatic heterocycles. The lowest BCUT2D eigenvalue weighted by atomic mass is 9.87. The molecule has 2 aromatic rings. The van der Waals surface area contributed by atoms with E-state index in [4.69, 9.17) is 0 Å². The average molecular weight is 299 g/mol. The van der Waals surface area contributed by atoms with Crippen molar-refractivity contribution in [2.45, 2.75) is 49.4 Å². The number of benzene rings is 2. The summed E-state index contributed by atoms with van der Waals surface area (Å²) in [4.78, 5) is 2.58. The van der Waals surface area contributed by atoms with Crippen molar-refractivity contribution in [2.75, 3.05) is 6.54 Å². The van der Waals surface area contributed by atoms with Gasteiger partial charge in [-0.3, -0.25) is 0 Å². The smallest absolute Gasteiger partial charge is 0.0205 e. The van der Waals surface area contributed by atoms with Crippen LogP contribution in [0.1, 0.15) is 38.8 Å². The summed E-state index contributed by atoms with van der Waals surface area (Å²) in [6.45, 7) is 10.8. The summed E-state index contributed by atoms with van der Waals surface area (Å²) in [5.41, 5.74) is 2.94. The van der Waals surface area contributed by atoms with E-state index in [0.29, 0.717) is 0 Å². The minimum atomic E-state index is 0.219. The Morgan fingerprint density at radius 1 is 0.857 bits per heavy atom. The molecular weight excluding hydrogens is 274 g/mol. The van der Waals surface area contributed by atoms with Gasteiger partial charge in [0.1, 0.15) is 0 Å². The summed E-state index contributed by atoms with van der Waals surface area (Å²) in [6, 6.07) is 17.7. The van der Waals surface area contributed by atoms with Gasteiger partial charge in [-0.15, -0.1) is 0 Å². The van der Waals surface area contributed by atoms with Crippen molar-refractivity contribution in [2.24, 2.45) is 0 Å². The maximum atomic E-state index is 3.35. The molecule has 0 heterocycles. The van der Waals surface area contributed by atoms with E-state index in [9.17, 15) is 0 Å². The highest BCUT2D eigenvalue weighted by atomic mass is 32.2. The molecule has 1 N–H and O–H groups in total. The third-order valence-corrected chi connectivity index (χ3v) is 4.47. The molecule has 0 spiro atoms. The van der Waals surface area contributed by atoms with Crippen LogP contribution < -0.4 is 5.32 Å². The zero-order valence-corrected chi connectivity index (χ0v) is 14.3. The number of nitrogens with one attached hydrogen (secondary N) is 1. The van der Waals surface area contributed by atoms with E-state index in [0.717, 1.165) is 13.1 Å². The molecule has 0 bridgehead atoms. The Morgan fingerprint density at radius 3 is 1.86 bits per heavy atom. The Balaban J connectivity index is 2.01. The third-order valence-electron chi connectivity index (χ3n) is 3.46. The summed E-state index contributed by atoms with van der Waals surface area (Å²) >= 11 is 1.82. The van der Waals surface area contributed by atoms with Gasteiger partial charge in [0, 0.05) is 16.3 Å². The molecule has 1 nitrogen and oxygen atoms in total. The summed E-state index contributed by atoms with van der Waals surface area (Å²) in [7, 11) is 0. The van der Waals surface area contributed by atoms with Crippen LogP contribution in [-0.2, 0) is 12.0 Å². The van der Waals surface area contributed by atoms with Crippen molar-refractivity contribution in [1.29, 1.82) is 0 Å². The van der Waals surface area contributed by atoms with E-state index in [1.54, 1.807) is 0 Å². The molecule has 0 aliphatic heterocycles. The van der Waals surface area contributed by atoms with E-state index in [1.807, 2.05) is 11.8 Å². The summed E-state index contributed by atoms with van der Waals surface area (Å²) in [5.74, 6) is 0. The van der Waals surface area contributed by atoms with Gasteiger partial charge < -0.3 is 5.32 Å². The van der Waals surface area contributed by atoms with Crippen molar-refractivity contribution in [3.8, 4) is 0 Å². The normalized spacial score (nSPS) is 11.6. The highest BCUT2D eigenvalue weighted by Gasteiger charge is 2.12. The predicted molar refractivity (Wildman–Crippen MR) is 93.1 cm³/mol. The van der Waals surface area contributed by atoms with Gasteiger partial charge >= 0.3 is 0 Å². The Morgan fingerprint density at radius 2 is 1.38 bits per heavy atom. The Labute approximate surface area is 133 Å². The molecule has 0 unspecified atom stereocenters. The molecule has 0 aliphatic rings. The topological polar surface area (TPSA) is 12.0 Å². The monoisotopic (exact) mass is 299 g/mol. The second-order valence-electron chi connectivity index (χ2n) is 6.30. The molecule has 2 aromatic carbocycles. The van der Waals surface area contributed by atoms with Crippen LogP contribution in [0.3, 0.4) is 0 Å². The zero-order valence-electron chi connectivity index (χ0n) is 13.4. The molecular formula is C19H25NS. The van der Waals surface area contributed by atoms with Crippen molar-refractivity contribution in [1.82, 2.24) is 5.32 Å². The summed E-state index contributed by atoms with van der Waals surface area (Å²) in [6.07, 6.45) is 0. The minimum Gasteiger partial charge on any atom is -0.313 e. The van der Waals surface area contributed by atoms with Gasteiger partial charge in [-0.05, 0) is 47.4 Å². The van der Waals surface area contributed by atoms with E-state index in [-0.39, 0.29) is 5.41 Å². The largest absolute Gasteiger partial charge is 0.313 e. The van der Waals surface area contributed by atoms with Gasteiger partial charge in [-0.25, -0.2) is 0 Å². The zero-order chi connectivity index (χ0) is 15.3. The first-order chi connectivity index (χ1) is 9.99. The first kappa shape index (κ1) is 16.1. The second kappa shape index (κ2) is 7.15. The Hall–Kier alpha value is -1.25. The molecule has 0 saturated heterocycles. The highest BCUT2D eigenvalue weighted by Crippen LogP contribution is 2.30. The Bertz CT molecular complexity index is 550. The lowest BCUT2D eigenvalue weighted by Crippen LogP contribution is -2.11. The van der Waals surface area contributed by atoms with Gasteiger partial charge in [0.05, 0.1) is 0 Å². The molecule has 0 radical (unpaired) electrons. The molecule has 2 rings (SSSR count). The number of hydrogen-bond donors (Lipinski definition) is 1. The van der Waals surface area contributed by atoms with Crippen LogP contribution >= 0.6 is 11.8 Å². The van der Waals surface area contributed by atoms with E-state index in [1.165, 1.54) is 20.9 Å². The molecule has 0 amide bonds. The van der Waals surface area contributed by atoms with Crippen molar-refractivity contribution in [3.63, 3.8) is 0 Å². The average Bonchev–Trinajstić information content (AvgIpc) is 2.46. The van der Waals surface area contributed by atoms with Crippen molar-refractivity contribution in [3.05, 3.63) is 59.7 Å². The van der Waals surface area contributed by atoms with E-state index in [2.05, 4.69) is 81.5 Å². The van der Waals surface area contributed by atoms with Crippen LogP contribution in [-0.4, -0.2) is 6.54 Å². The van der Waals surface area contributed by atoms with Crippen LogP contribution in [0.15, 0.2) is 58.3 Å². The molecule has 0 atom stereocenters. The molecule has 2 heteroatoms.